The molecule has 2 aromatic rings. The molecular weight excluding hydrogens is 296 g/mol. The number of benzene rings is 1. The Hall–Kier alpha value is -2.83. The van der Waals surface area contributed by atoms with Crippen molar-refractivity contribution < 1.29 is 14.1 Å². The van der Waals surface area contributed by atoms with Crippen molar-refractivity contribution in [1.29, 1.82) is 0 Å². The Morgan fingerprint density at radius 3 is 2.61 bits per heavy atom. The summed E-state index contributed by atoms with van der Waals surface area (Å²) in [5.41, 5.74) is 6.24. The Bertz CT molecular complexity index is 734. The van der Waals surface area contributed by atoms with Gasteiger partial charge in [0.2, 0.25) is 0 Å². The Labute approximate surface area is 133 Å². The number of carbonyl (C=O) groups is 2. The summed E-state index contributed by atoms with van der Waals surface area (Å²) in [4.78, 5) is 25.9. The molecule has 0 radical (unpaired) electrons. The zero-order valence-corrected chi connectivity index (χ0v) is 13.0. The average Bonchev–Trinajstić information content (AvgIpc) is 3.29. The fourth-order valence-electron chi connectivity index (χ4n) is 2.13. The summed E-state index contributed by atoms with van der Waals surface area (Å²) >= 11 is 0. The number of carbonyl (C=O) groups excluding carboxylic acids is 2. The lowest BCUT2D eigenvalue weighted by Gasteiger charge is -2.13. The van der Waals surface area contributed by atoms with Gasteiger partial charge in [-0.2, -0.15) is 0 Å². The highest BCUT2D eigenvalue weighted by molar-refractivity contribution is 5.98. The van der Waals surface area contributed by atoms with Crippen LogP contribution in [0.4, 0.5) is 5.69 Å². The van der Waals surface area contributed by atoms with Crippen LogP contribution in [0.5, 0.6) is 0 Å². The lowest BCUT2D eigenvalue weighted by Crippen LogP contribution is -2.41. The Morgan fingerprint density at radius 1 is 1.17 bits per heavy atom. The van der Waals surface area contributed by atoms with Gasteiger partial charge < -0.3 is 9.42 Å². The molecule has 1 aliphatic rings. The van der Waals surface area contributed by atoms with Crippen molar-refractivity contribution in [3.8, 4) is 0 Å². The average molecular weight is 314 g/mol. The summed E-state index contributed by atoms with van der Waals surface area (Å²) in [5.74, 6) is 0.207. The molecule has 120 valence electrons. The first-order valence-electron chi connectivity index (χ1n) is 7.39. The number of rotatable bonds is 4. The van der Waals surface area contributed by atoms with Crippen molar-refractivity contribution in [3.63, 3.8) is 0 Å². The highest BCUT2D eigenvalue weighted by atomic mass is 16.5. The summed E-state index contributed by atoms with van der Waals surface area (Å²) in [5, 5.41) is 3.72. The van der Waals surface area contributed by atoms with E-state index in [1.54, 1.807) is 24.3 Å². The van der Waals surface area contributed by atoms with Crippen molar-refractivity contribution in [2.24, 2.45) is 0 Å². The van der Waals surface area contributed by atoms with Crippen LogP contribution in [0.1, 0.15) is 45.4 Å². The van der Waals surface area contributed by atoms with E-state index in [4.69, 9.17) is 4.52 Å². The topological polar surface area (TPSA) is 87.5 Å². The second-order valence-electron chi connectivity index (χ2n) is 5.74. The summed E-state index contributed by atoms with van der Waals surface area (Å²) < 4.78 is 5.11. The minimum absolute atomic E-state index is 0.161. The predicted octanol–water partition coefficient (Wildman–Crippen LogP) is 1.69. The fraction of sp³-hybridized carbons (Fsp3) is 0.312. The van der Waals surface area contributed by atoms with Crippen LogP contribution >= 0.6 is 0 Å². The van der Waals surface area contributed by atoms with Crippen LogP contribution in [0.3, 0.4) is 0 Å². The van der Waals surface area contributed by atoms with Crippen LogP contribution in [-0.4, -0.2) is 31.1 Å². The van der Waals surface area contributed by atoms with Gasteiger partial charge in [0.1, 0.15) is 5.76 Å². The van der Waals surface area contributed by atoms with Gasteiger partial charge in [0.15, 0.2) is 5.69 Å². The molecule has 7 heteroatoms. The molecule has 0 aliphatic heterocycles. The Balaban J connectivity index is 1.59. The molecule has 0 unspecified atom stereocenters. The number of nitrogens with zero attached hydrogens (tertiary/aromatic N) is 2. The minimum atomic E-state index is -0.502. The molecule has 1 fully saturated rings. The normalized spacial score (nSPS) is 13.5. The van der Waals surface area contributed by atoms with Gasteiger partial charge in [-0.15, -0.1) is 0 Å². The molecule has 0 saturated heterocycles. The maximum Gasteiger partial charge on any atom is 0.291 e. The molecule has 1 saturated carbocycles. The number of hydrogen-bond acceptors (Lipinski definition) is 5. The van der Waals surface area contributed by atoms with E-state index in [2.05, 4.69) is 16.0 Å². The smallest absolute Gasteiger partial charge is 0.291 e. The van der Waals surface area contributed by atoms with Crippen LogP contribution in [0.25, 0.3) is 0 Å². The lowest BCUT2D eigenvalue weighted by atomic mass is 10.2. The van der Waals surface area contributed by atoms with E-state index in [1.165, 1.54) is 0 Å². The summed E-state index contributed by atoms with van der Waals surface area (Å²) in [6.45, 7) is 0. The maximum absolute atomic E-state index is 12.1. The SMILES string of the molecule is CN(C)c1cccc(C(=O)NNC(=O)c2cc(C3CC3)on2)c1. The third-order valence-electron chi connectivity index (χ3n) is 3.66. The van der Waals surface area contributed by atoms with Crippen LogP contribution in [0.15, 0.2) is 34.9 Å². The van der Waals surface area contributed by atoms with Crippen molar-refractivity contribution in [2.45, 2.75) is 18.8 Å². The van der Waals surface area contributed by atoms with Crippen LogP contribution < -0.4 is 15.8 Å². The van der Waals surface area contributed by atoms with Gasteiger partial charge in [0.25, 0.3) is 11.8 Å². The molecule has 1 aromatic heterocycles. The maximum atomic E-state index is 12.1. The van der Waals surface area contributed by atoms with E-state index in [9.17, 15) is 9.59 Å². The highest BCUT2D eigenvalue weighted by Crippen LogP contribution is 2.40. The molecule has 1 heterocycles. The standard InChI is InChI=1S/C16H18N4O3/c1-20(2)12-5-3-4-11(8-12)15(21)17-18-16(22)13-9-14(23-19-13)10-6-7-10/h3-5,8-10H,6-7H2,1-2H3,(H,17,21)(H,18,22). The van der Waals surface area contributed by atoms with Crippen molar-refractivity contribution in [1.82, 2.24) is 16.0 Å². The molecule has 1 aromatic carbocycles. The zero-order valence-electron chi connectivity index (χ0n) is 13.0. The molecular formula is C16H18N4O3. The molecule has 7 nitrogen and oxygen atoms in total. The van der Waals surface area contributed by atoms with Crippen LogP contribution in [-0.2, 0) is 0 Å². The van der Waals surface area contributed by atoms with Crippen molar-refractivity contribution in [3.05, 3.63) is 47.3 Å². The number of amides is 2. The highest BCUT2D eigenvalue weighted by Gasteiger charge is 2.28. The van der Waals surface area contributed by atoms with Gasteiger partial charge in [-0.25, -0.2) is 0 Å². The fourth-order valence-corrected chi connectivity index (χ4v) is 2.13. The minimum Gasteiger partial charge on any atom is -0.378 e. The first kappa shape index (κ1) is 15.1. The number of hydrogen-bond donors (Lipinski definition) is 2. The van der Waals surface area contributed by atoms with E-state index in [-0.39, 0.29) is 5.69 Å². The van der Waals surface area contributed by atoms with Gasteiger partial charge in [0, 0.05) is 37.3 Å². The van der Waals surface area contributed by atoms with Crippen molar-refractivity contribution in [2.75, 3.05) is 19.0 Å². The molecule has 2 amide bonds. The summed E-state index contributed by atoms with van der Waals surface area (Å²) in [6, 6.07) is 8.71. The number of nitrogens with one attached hydrogen (secondary N) is 2. The van der Waals surface area contributed by atoms with Crippen molar-refractivity contribution >= 4 is 17.5 Å². The van der Waals surface area contributed by atoms with E-state index >= 15 is 0 Å². The molecule has 2 N–H and O–H groups in total. The lowest BCUT2D eigenvalue weighted by molar-refractivity contribution is 0.0841. The molecule has 3 rings (SSSR count). The second kappa shape index (κ2) is 6.12. The first-order chi connectivity index (χ1) is 11.0. The Kier molecular flexibility index (Phi) is 4.01. The second-order valence-corrected chi connectivity index (χ2v) is 5.74. The molecule has 23 heavy (non-hydrogen) atoms. The quantitative estimate of drug-likeness (QED) is 0.839. The monoisotopic (exact) mass is 314 g/mol. The number of aromatic nitrogens is 1. The predicted molar refractivity (Wildman–Crippen MR) is 84.2 cm³/mol. The van der Waals surface area contributed by atoms with Gasteiger partial charge >= 0.3 is 0 Å². The third kappa shape index (κ3) is 3.50. The molecule has 0 spiro atoms. The van der Waals surface area contributed by atoms with Crippen LogP contribution in [0.2, 0.25) is 0 Å². The number of anilines is 1. The summed E-state index contributed by atoms with van der Waals surface area (Å²) in [7, 11) is 3.78. The van der Waals surface area contributed by atoms with E-state index < -0.39 is 11.8 Å². The van der Waals surface area contributed by atoms with E-state index in [0.717, 1.165) is 24.3 Å². The van der Waals surface area contributed by atoms with E-state index in [0.29, 0.717) is 11.5 Å². The Morgan fingerprint density at radius 2 is 1.91 bits per heavy atom. The molecule has 0 atom stereocenters. The van der Waals surface area contributed by atoms with Gasteiger partial charge in [-0.1, -0.05) is 11.2 Å². The van der Waals surface area contributed by atoms with Gasteiger partial charge in [-0.3, -0.25) is 20.4 Å². The number of hydrazine groups is 1. The molecule has 1 aliphatic carbocycles. The first-order valence-corrected chi connectivity index (χ1v) is 7.39. The summed E-state index contributed by atoms with van der Waals surface area (Å²) in [6.07, 6.45) is 2.13. The van der Waals surface area contributed by atoms with E-state index in [1.807, 2.05) is 25.1 Å². The van der Waals surface area contributed by atoms with Gasteiger partial charge in [0.05, 0.1) is 0 Å². The zero-order chi connectivity index (χ0) is 16.4. The largest absolute Gasteiger partial charge is 0.378 e. The molecule has 0 bridgehead atoms. The van der Waals surface area contributed by atoms with Crippen LogP contribution in [0, 0.1) is 0 Å². The van der Waals surface area contributed by atoms with Gasteiger partial charge in [-0.05, 0) is 31.0 Å². The third-order valence-corrected chi connectivity index (χ3v) is 3.66.